The SMILES string of the molecule is CCCN1C(=O)c2oc3c(C)cc(C)cc3c(=O)c2C1c1ccc(OCC(C)C)c(OC)c1. The molecule has 2 aromatic carbocycles. The Labute approximate surface area is 194 Å². The van der Waals surface area contributed by atoms with Gasteiger partial charge in [0.15, 0.2) is 16.9 Å². The number of hydrogen-bond donors (Lipinski definition) is 0. The van der Waals surface area contributed by atoms with Crippen LogP contribution in [0, 0.1) is 19.8 Å². The number of methoxy groups -OCH3 is 1. The highest BCUT2D eigenvalue weighted by Crippen LogP contribution is 2.41. The summed E-state index contributed by atoms with van der Waals surface area (Å²) in [4.78, 5) is 28.8. The van der Waals surface area contributed by atoms with Gasteiger partial charge in [-0.1, -0.05) is 32.9 Å². The van der Waals surface area contributed by atoms with Crippen molar-refractivity contribution in [2.24, 2.45) is 5.92 Å². The fraction of sp³-hybridized carbons (Fsp3) is 0.407. The highest BCUT2D eigenvalue weighted by atomic mass is 16.5. The van der Waals surface area contributed by atoms with Crippen LogP contribution in [0.5, 0.6) is 11.5 Å². The first-order chi connectivity index (χ1) is 15.8. The van der Waals surface area contributed by atoms with E-state index in [2.05, 4.69) is 13.8 Å². The van der Waals surface area contributed by atoms with E-state index in [9.17, 15) is 9.59 Å². The van der Waals surface area contributed by atoms with E-state index in [1.165, 1.54) is 0 Å². The minimum atomic E-state index is -0.540. The van der Waals surface area contributed by atoms with Crippen LogP contribution < -0.4 is 14.9 Å². The molecule has 6 nitrogen and oxygen atoms in total. The summed E-state index contributed by atoms with van der Waals surface area (Å²) in [6, 6.07) is 8.86. The summed E-state index contributed by atoms with van der Waals surface area (Å²) in [5, 5.41) is 0.506. The molecular weight excluding hydrogens is 418 g/mol. The molecule has 1 aliphatic rings. The van der Waals surface area contributed by atoms with Gasteiger partial charge in [-0.05, 0) is 61.1 Å². The number of rotatable bonds is 7. The molecule has 6 heteroatoms. The minimum absolute atomic E-state index is 0.136. The molecule has 0 saturated heterocycles. The molecule has 33 heavy (non-hydrogen) atoms. The van der Waals surface area contributed by atoms with Crippen molar-refractivity contribution in [2.75, 3.05) is 20.3 Å². The number of nitrogens with zero attached hydrogens (tertiary/aromatic N) is 1. The quantitative estimate of drug-likeness (QED) is 0.482. The number of ether oxygens (including phenoxy) is 2. The number of hydrogen-bond acceptors (Lipinski definition) is 5. The van der Waals surface area contributed by atoms with Crippen LogP contribution in [0.3, 0.4) is 0 Å². The van der Waals surface area contributed by atoms with Crippen LogP contribution in [0.2, 0.25) is 0 Å². The average molecular weight is 450 g/mol. The van der Waals surface area contributed by atoms with Gasteiger partial charge in [-0.3, -0.25) is 9.59 Å². The fourth-order valence-electron chi connectivity index (χ4n) is 4.52. The number of carbonyl (C=O) groups excluding carboxylic acids is 1. The lowest BCUT2D eigenvalue weighted by Crippen LogP contribution is -2.30. The molecule has 1 amide bonds. The highest BCUT2D eigenvalue weighted by molar-refractivity contribution is 5.99. The van der Waals surface area contributed by atoms with Crippen molar-refractivity contribution in [3.8, 4) is 11.5 Å². The van der Waals surface area contributed by atoms with Crippen LogP contribution in [0.15, 0.2) is 39.5 Å². The van der Waals surface area contributed by atoms with E-state index in [0.717, 1.165) is 23.1 Å². The molecule has 0 fully saturated rings. The molecule has 0 aliphatic carbocycles. The second-order valence-electron chi connectivity index (χ2n) is 9.15. The number of amides is 1. The summed E-state index contributed by atoms with van der Waals surface area (Å²) in [7, 11) is 1.59. The van der Waals surface area contributed by atoms with Crippen molar-refractivity contribution in [1.29, 1.82) is 0 Å². The topological polar surface area (TPSA) is 69.0 Å². The molecule has 2 heterocycles. The zero-order valence-electron chi connectivity index (χ0n) is 20.2. The summed E-state index contributed by atoms with van der Waals surface area (Å²) in [5.74, 6) is 1.46. The van der Waals surface area contributed by atoms with Crippen molar-refractivity contribution in [1.82, 2.24) is 4.90 Å². The number of fused-ring (bicyclic) bond motifs is 2. The third-order valence-electron chi connectivity index (χ3n) is 5.94. The zero-order valence-corrected chi connectivity index (χ0v) is 20.2. The van der Waals surface area contributed by atoms with Crippen LogP contribution in [0.1, 0.15) is 66.0 Å². The number of carbonyl (C=O) groups is 1. The molecule has 174 valence electrons. The Morgan fingerprint density at radius 2 is 1.85 bits per heavy atom. The molecule has 0 N–H and O–H groups in total. The lowest BCUT2D eigenvalue weighted by atomic mass is 9.97. The van der Waals surface area contributed by atoms with E-state index in [1.54, 1.807) is 12.0 Å². The van der Waals surface area contributed by atoms with Crippen LogP contribution in [0.4, 0.5) is 0 Å². The molecule has 1 unspecified atom stereocenters. The minimum Gasteiger partial charge on any atom is -0.493 e. The summed E-state index contributed by atoms with van der Waals surface area (Å²) >= 11 is 0. The fourth-order valence-corrected chi connectivity index (χ4v) is 4.52. The van der Waals surface area contributed by atoms with Crippen molar-refractivity contribution < 1.29 is 18.7 Å². The maximum Gasteiger partial charge on any atom is 0.290 e. The highest BCUT2D eigenvalue weighted by Gasteiger charge is 2.42. The van der Waals surface area contributed by atoms with Gasteiger partial charge in [-0.25, -0.2) is 0 Å². The van der Waals surface area contributed by atoms with E-state index >= 15 is 0 Å². The third kappa shape index (κ3) is 3.99. The lowest BCUT2D eigenvalue weighted by Gasteiger charge is -2.25. The average Bonchev–Trinajstić information content (AvgIpc) is 3.05. The number of aryl methyl sites for hydroxylation is 2. The van der Waals surface area contributed by atoms with Gasteiger partial charge in [0.25, 0.3) is 5.91 Å². The summed E-state index contributed by atoms with van der Waals surface area (Å²) in [5.41, 5.74) is 3.33. The molecule has 1 atom stereocenters. The molecular formula is C27H31NO5. The van der Waals surface area contributed by atoms with Crippen molar-refractivity contribution in [3.63, 3.8) is 0 Å². The van der Waals surface area contributed by atoms with Crippen LogP contribution >= 0.6 is 0 Å². The number of benzene rings is 2. The van der Waals surface area contributed by atoms with Crippen molar-refractivity contribution >= 4 is 16.9 Å². The zero-order chi connectivity index (χ0) is 23.9. The summed E-state index contributed by atoms with van der Waals surface area (Å²) in [6.45, 7) is 11.1. The van der Waals surface area contributed by atoms with Gasteiger partial charge >= 0.3 is 0 Å². The largest absolute Gasteiger partial charge is 0.493 e. The Balaban J connectivity index is 1.91. The molecule has 1 aliphatic heterocycles. The normalized spacial score (nSPS) is 15.4. The second kappa shape index (κ2) is 8.93. The molecule has 0 spiro atoms. The van der Waals surface area contributed by atoms with E-state index in [4.69, 9.17) is 13.9 Å². The van der Waals surface area contributed by atoms with Crippen molar-refractivity contribution in [3.05, 3.63) is 68.6 Å². The third-order valence-corrected chi connectivity index (χ3v) is 5.94. The molecule has 0 bridgehead atoms. The standard InChI is InChI=1S/C27H31NO5/c1-7-10-28-23(18-8-9-20(21(13-18)31-6)32-14-15(2)3)22-24(29)19-12-16(4)11-17(5)25(19)33-26(22)27(28)30/h8-9,11-13,15,23H,7,10,14H2,1-6H3. The first-order valence-electron chi connectivity index (χ1n) is 11.5. The first-order valence-corrected chi connectivity index (χ1v) is 11.5. The van der Waals surface area contributed by atoms with E-state index in [-0.39, 0.29) is 17.1 Å². The molecule has 0 radical (unpaired) electrons. The smallest absolute Gasteiger partial charge is 0.290 e. The van der Waals surface area contributed by atoms with Gasteiger partial charge in [0, 0.05) is 6.54 Å². The van der Waals surface area contributed by atoms with Gasteiger partial charge in [-0.2, -0.15) is 0 Å². The van der Waals surface area contributed by atoms with E-state index in [1.807, 2.05) is 51.1 Å². The van der Waals surface area contributed by atoms with Crippen LogP contribution in [-0.4, -0.2) is 31.1 Å². The van der Waals surface area contributed by atoms with Crippen LogP contribution in [-0.2, 0) is 0 Å². The maximum atomic E-state index is 13.7. The Hall–Kier alpha value is -3.28. The molecule has 0 saturated carbocycles. The molecule has 4 rings (SSSR count). The summed E-state index contributed by atoms with van der Waals surface area (Å²) < 4.78 is 17.6. The van der Waals surface area contributed by atoms with Crippen molar-refractivity contribution in [2.45, 2.75) is 47.1 Å². The second-order valence-corrected chi connectivity index (χ2v) is 9.15. The van der Waals surface area contributed by atoms with Gasteiger partial charge < -0.3 is 18.8 Å². The van der Waals surface area contributed by atoms with Crippen LogP contribution in [0.25, 0.3) is 11.0 Å². The molecule has 3 aromatic rings. The Morgan fingerprint density at radius 3 is 2.52 bits per heavy atom. The Kier molecular flexibility index (Phi) is 6.19. The predicted molar refractivity (Wildman–Crippen MR) is 128 cm³/mol. The van der Waals surface area contributed by atoms with Gasteiger partial charge in [-0.15, -0.1) is 0 Å². The first kappa shape index (κ1) is 22.9. The van der Waals surface area contributed by atoms with E-state index in [0.29, 0.717) is 47.1 Å². The van der Waals surface area contributed by atoms with Gasteiger partial charge in [0.1, 0.15) is 5.58 Å². The van der Waals surface area contributed by atoms with E-state index < -0.39 is 6.04 Å². The van der Waals surface area contributed by atoms with Gasteiger partial charge in [0.2, 0.25) is 5.76 Å². The Morgan fingerprint density at radius 1 is 1.09 bits per heavy atom. The maximum absolute atomic E-state index is 13.7. The lowest BCUT2D eigenvalue weighted by molar-refractivity contribution is 0.0728. The van der Waals surface area contributed by atoms with Gasteiger partial charge in [0.05, 0.1) is 30.7 Å². The Bertz CT molecular complexity index is 1270. The monoisotopic (exact) mass is 449 g/mol. The summed E-state index contributed by atoms with van der Waals surface area (Å²) in [6.07, 6.45) is 0.759. The molecule has 1 aromatic heterocycles. The predicted octanol–water partition coefficient (Wildman–Crippen LogP) is 5.41.